The van der Waals surface area contributed by atoms with Crippen LogP contribution in [-0.2, 0) is 11.2 Å². The molecule has 0 spiro atoms. The lowest BCUT2D eigenvalue weighted by molar-refractivity contribution is -0.121. The summed E-state index contributed by atoms with van der Waals surface area (Å²) in [5.41, 5.74) is 3.14. The van der Waals surface area contributed by atoms with Crippen LogP contribution in [0.25, 0.3) is 0 Å². The molecule has 3 rings (SSSR count). The van der Waals surface area contributed by atoms with Crippen molar-refractivity contribution in [2.24, 2.45) is 0 Å². The van der Waals surface area contributed by atoms with Gasteiger partial charge in [0, 0.05) is 19.3 Å². The molecule has 118 valence electrons. The molecule has 3 amide bonds. The van der Waals surface area contributed by atoms with Gasteiger partial charge in [-0.05, 0) is 23.6 Å². The first-order valence-corrected chi connectivity index (χ1v) is 7.63. The molecule has 2 aromatic carbocycles. The Labute approximate surface area is 135 Å². The monoisotopic (exact) mass is 309 g/mol. The zero-order valence-electron chi connectivity index (χ0n) is 13.0. The van der Waals surface area contributed by atoms with Gasteiger partial charge in [0.25, 0.3) is 5.91 Å². The Bertz CT molecular complexity index is 715. The molecule has 1 heterocycles. The minimum absolute atomic E-state index is 0.327. The van der Waals surface area contributed by atoms with Crippen molar-refractivity contribution in [1.29, 1.82) is 0 Å². The van der Waals surface area contributed by atoms with Crippen molar-refractivity contribution in [2.75, 3.05) is 18.5 Å². The number of nitrogens with zero attached hydrogens (tertiary/aromatic N) is 1. The fourth-order valence-electron chi connectivity index (χ4n) is 2.98. The maximum atomic E-state index is 12.7. The Balaban J connectivity index is 1.97. The van der Waals surface area contributed by atoms with Crippen LogP contribution in [0.2, 0.25) is 0 Å². The number of para-hydroxylation sites is 1. The lowest BCUT2D eigenvalue weighted by atomic mass is 10.0. The van der Waals surface area contributed by atoms with Crippen molar-refractivity contribution < 1.29 is 9.59 Å². The summed E-state index contributed by atoms with van der Waals surface area (Å²) in [4.78, 5) is 26.3. The van der Waals surface area contributed by atoms with Gasteiger partial charge in [0.15, 0.2) is 0 Å². The molecule has 2 aromatic rings. The number of imide groups is 1. The van der Waals surface area contributed by atoms with E-state index in [1.165, 1.54) is 12.6 Å². The summed E-state index contributed by atoms with van der Waals surface area (Å²) in [5.74, 6) is -0.327. The summed E-state index contributed by atoms with van der Waals surface area (Å²) in [7, 11) is 1.49. The molecule has 1 aliphatic heterocycles. The predicted molar refractivity (Wildman–Crippen MR) is 89.3 cm³/mol. The van der Waals surface area contributed by atoms with E-state index >= 15 is 0 Å². The van der Waals surface area contributed by atoms with E-state index in [4.69, 9.17) is 0 Å². The molecule has 0 unspecified atom stereocenters. The van der Waals surface area contributed by atoms with E-state index in [-0.39, 0.29) is 5.91 Å². The summed E-state index contributed by atoms with van der Waals surface area (Å²) in [6, 6.07) is 16.6. The molecule has 0 bridgehead atoms. The van der Waals surface area contributed by atoms with E-state index in [0.717, 1.165) is 24.2 Å². The van der Waals surface area contributed by atoms with Crippen molar-refractivity contribution in [3.8, 4) is 0 Å². The highest BCUT2D eigenvalue weighted by Crippen LogP contribution is 2.35. The normalized spacial score (nSPS) is 14.0. The number of nitrogens with one attached hydrogen (secondary N) is 2. The van der Waals surface area contributed by atoms with E-state index in [1.54, 1.807) is 0 Å². The Morgan fingerprint density at radius 1 is 1.04 bits per heavy atom. The number of benzene rings is 2. The molecule has 5 nitrogen and oxygen atoms in total. The molecule has 5 heteroatoms. The van der Waals surface area contributed by atoms with E-state index in [0.29, 0.717) is 0 Å². The van der Waals surface area contributed by atoms with Gasteiger partial charge in [0.05, 0.1) is 0 Å². The average molecular weight is 309 g/mol. The van der Waals surface area contributed by atoms with Crippen molar-refractivity contribution in [1.82, 2.24) is 10.6 Å². The molecule has 1 aliphatic rings. The minimum atomic E-state index is -0.530. The number of carbonyl (C=O) groups excluding carboxylic acids is 2. The van der Waals surface area contributed by atoms with Crippen LogP contribution >= 0.6 is 0 Å². The lowest BCUT2D eigenvalue weighted by Crippen LogP contribution is -2.45. The van der Waals surface area contributed by atoms with Crippen LogP contribution in [0, 0.1) is 0 Å². The molecule has 0 fully saturated rings. The third kappa shape index (κ3) is 3.04. The smallest absolute Gasteiger partial charge is 0.321 e. The highest BCUT2D eigenvalue weighted by molar-refractivity contribution is 5.99. The maximum absolute atomic E-state index is 12.7. The Kier molecular flexibility index (Phi) is 4.28. The number of hydrogen-bond donors (Lipinski definition) is 2. The van der Waals surface area contributed by atoms with Gasteiger partial charge < -0.3 is 10.2 Å². The fourth-order valence-corrected chi connectivity index (χ4v) is 2.98. The lowest BCUT2D eigenvalue weighted by Gasteiger charge is -2.29. The Morgan fingerprint density at radius 3 is 2.48 bits per heavy atom. The van der Waals surface area contributed by atoms with Crippen LogP contribution < -0.4 is 15.5 Å². The topological polar surface area (TPSA) is 61.4 Å². The van der Waals surface area contributed by atoms with E-state index in [2.05, 4.69) is 21.6 Å². The third-order valence-corrected chi connectivity index (χ3v) is 4.06. The molecule has 0 aliphatic carbocycles. The van der Waals surface area contributed by atoms with Crippen LogP contribution in [0.3, 0.4) is 0 Å². The molecule has 23 heavy (non-hydrogen) atoms. The molecule has 2 N–H and O–H groups in total. The second-order valence-electron chi connectivity index (χ2n) is 5.45. The van der Waals surface area contributed by atoms with Crippen molar-refractivity contribution in [3.63, 3.8) is 0 Å². The fraction of sp³-hybridized carbons (Fsp3) is 0.222. The predicted octanol–water partition coefficient (Wildman–Crippen LogP) is 2.25. The molecule has 0 aromatic heterocycles. The first kappa shape index (κ1) is 15.1. The summed E-state index contributed by atoms with van der Waals surface area (Å²) in [5, 5.41) is 4.83. The van der Waals surface area contributed by atoms with E-state index in [9.17, 15) is 9.59 Å². The maximum Gasteiger partial charge on any atom is 0.321 e. The zero-order chi connectivity index (χ0) is 16.2. The van der Waals surface area contributed by atoms with Gasteiger partial charge in [0.1, 0.15) is 6.04 Å². The number of anilines is 1. The molecule has 0 radical (unpaired) electrons. The number of carbonyl (C=O) groups is 2. The number of amides is 3. The van der Waals surface area contributed by atoms with Gasteiger partial charge >= 0.3 is 6.03 Å². The largest absolute Gasteiger partial charge is 0.355 e. The highest BCUT2D eigenvalue weighted by atomic mass is 16.2. The first-order valence-electron chi connectivity index (χ1n) is 7.63. The average Bonchev–Trinajstić information content (AvgIpc) is 3.00. The third-order valence-electron chi connectivity index (χ3n) is 4.06. The van der Waals surface area contributed by atoms with Crippen LogP contribution in [0.15, 0.2) is 54.6 Å². The van der Waals surface area contributed by atoms with E-state index < -0.39 is 12.1 Å². The van der Waals surface area contributed by atoms with Gasteiger partial charge in [-0.25, -0.2) is 4.79 Å². The van der Waals surface area contributed by atoms with Crippen molar-refractivity contribution in [3.05, 3.63) is 65.7 Å². The van der Waals surface area contributed by atoms with Gasteiger partial charge in [-0.3, -0.25) is 10.1 Å². The van der Waals surface area contributed by atoms with Crippen molar-refractivity contribution >= 4 is 17.6 Å². The highest BCUT2D eigenvalue weighted by Gasteiger charge is 2.32. The summed E-state index contributed by atoms with van der Waals surface area (Å²) >= 11 is 0. The zero-order valence-corrected chi connectivity index (χ0v) is 13.0. The molecular formula is C18H19N3O2. The molecular weight excluding hydrogens is 290 g/mol. The van der Waals surface area contributed by atoms with Crippen LogP contribution in [0.1, 0.15) is 17.2 Å². The van der Waals surface area contributed by atoms with Gasteiger partial charge in [-0.2, -0.15) is 0 Å². The molecule has 0 saturated carbocycles. The molecule has 0 saturated heterocycles. The molecule has 1 atom stereocenters. The second-order valence-corrected chi connectivity index (χ2v) is 5.45. The van der Waals surface area contributed by atoms with Gasteiger partial charge in [-0.1, -0.05) is 48.5 Å². The van der Waals surface area contributed by atoms with Crippen LogP contribution in [-0.4, -0.2) is 25.5 Å². The minimum Gasteiger partial charge on any atom is -0.355 e. The quantitative estimate of drug-likeness (QED) is 0.914. The number of fused-ring (bicyclic) bond motifs is 1. The van der Waals surface area contributed by atoms with Crippen LogP contribution in [0.4, 0.5) is 10.5 Å². The van der Waals surface area contributed by atoms with Gasteiger partial charge in [0.2, 0.25) is 0 Å². The number of rotatable bonds is 3. The first-order chi connectivity index (χ1) is 11.2. The summed E-state index contributed by atoms with van der Waals surface area (Å²) in [6.07, 6.45) is 0.896. The standard InChI is InChI=1S/C18H19N3O2/c1-19-18(23)20-17(22)16(14-8-3-2-4-9-14)21-12-11-13-7-5-6-10-15(13)21/h2-10,16H,11-12H2,1H3,(H2,19,20,22,23)/t16-/m0/s1. The Hall–Kier alpha value is -2.82. The van der Waals surface area contributed by atoms with Crippen LogP contribution in [0.5, 0.6) is 0 Å². The second kappa shape index (κ2) is 6.52. The van der Waals surface area contributed by atoms with Gasteiger partial charge in [-0.15, -0.1) is 0 Å². The SMILES string of the molecule is CNC(=O)NC(=O)[C@H](c1ccccc1)N1CCc2ccccc21. The Morgan fingerprint density at radius 2 is 1.74 bits per heavy atom. The van der Waals surface area contributed by atoms with Crippen molar-refractivity contribution in [2.45, 2.75) is 12.5 Å². The summed E-state index contributed by atoms with van der Waals surface area (Å²) in [6.45, 7) is 0.750. The number of hydrogen-bond acceptors (Lipinski definition) is 3. The van der Waals surface area contributed by atoms with E-state index in [1.807, 2.05) is 48.5 Å². The summed E-state index contributed by atoms with van der Waals surface area (Å²) < 4.78 is 0. The number of urea groups is 1.